The Morgan fingerprint density at radius 1 is 0.758 bits per heavy atom. The largest absolute Gasteiger partial charge is 0.458 e. The first-order chi connectivity index (χ1) is 45.5. The van der Waals surface area contributed by atoms with Crippen molar-refractivity contribution in [3.05, 3.63) is 109 Å². The Bertz CT molecular complexity index is 3740. The molecule has 6 heterocycles. The van der Waals surface area contributed by atoms with Gasteiger partial charge >= 0.3 is 5.97 Å². The molecule has 1 fully saturated rings. The zero-order chi connectivity index (χ0) is 68.3. The van der Waals surface area contributed by atoms with Crippen LogP contribution in [0.5, 0.6) is 0 Å². The highest BCUT2D eigenvalue weighted by atomic mass is 35.5. The number of imide groups is 1. The highest BCUT2D eigenvalue weighted by Gasteiger charge is 2.47. The normalized spacial score (nSPS) is 21.3. The molecule has 0 bridgehead atoms. The molecule has 1 saturated heterocycles. The van der Waals surface area contributed by atoms with Crippen molar-refractivity contribution in [1.29, 1.82) is 0 Å². The standard InChI is InChI=1S/C63H74ClN11O20/c1-2-63(92)37-22-42-55-35(27-75(42)61(90)36(37)29-94-62(63)91)54-38(13-12-33-20-34(64)21-40(73-55)53(33)54)70-50(82)30-93-31-69-48(80)25-68-60(89)41(19-32-9-5-3-6-10-32)72-49(81)26-66-47(79)24-67-59(88)39(71-46(78)11-7-4-8-18-74-51(83)16-17-52(74)84)14-15-45(77)65-23-43-56(85)58(87)57(86)44(28-76)95-43/h3,5-6,9-10,16-17,20-22,38-39,41,43-44,56-58,76,85-87,92H,2,4,7-8,11-15,18-19,23-31H2,1H3,(H,65,77)(H,66,79)(H,67,88)(H,68,89)(H,69,80)(H,70,82)(H,71,78)(H,72,81)/t38-,39?,41-,43-,44+,56-,57+,58+,63-/m0/s1. The van der Waals surface area contributed by atoms with E-state index in [0.717, 1.165) is 28.0 Å². The average molecular weight is 1340 g/mol. The van der Waals surface area contributed by atoms with E-state index < -0.39 is 171 Å². The topological polar surface area (TPSA) is 451 Å². The molecular weight excluding hydrogens is 1270 g/mol. The zero-order valence-electron chi connectivity index (χ0n) is 51.6. The minimum Gasteiger partial charge on any atom is -0.458 e. The van der Waals surface area contributed by atoms with Crippen molar-refractivity contribution in [3.8, 4) is 11.4 Å². The van der Waals surface area contributed by atoms with Crippen molar-refractivity contribution in [2.24, 2.45) is 0 Å². The Kier molecular flexibility index (Phi) is 23.2. The van der Waals surface area contributed by atoms with E-state index in [1.807, 2.05) is 6.07 Å². The van der Waals surface area contributed by atoms with Gasteiger partial charge in [-0.25, -0.2) is 9.78 Å². The molecular formula is C63H74ClN11O20. The van der Waals surface area contributed by atoms with Crippen LogP contribution < -0.4 is 48.1 Å². The van der Waals surface area contributed by atoms with E-state index in [1.165, 1.54) is 4.57 Å². The number of nitrogens with one attached hydrogen (secondary N) is 8. The smallest absolute Gasteiger partial charge is 0.343 e. The predicted molar refractivity (Wildman–Crippen MR) is 331 cm³/mol. The second kappa shape index (κ2) is 31.4. The van der Waals surface area contributed by atoms with Crippen molar-refractivity contribution in [3.63, 3.8) is 0 Å². The van der Waals surface area contributed by atoms with Crippen LogP contribution in [0.2, 0.25) is 5.02 Å². The first kappa shape index (κ1) is 70.2. The number of benzene rings is 2. The fourth-order valence-corrected chi connectivity index (χ4v) is 12.2. The first-order valence-corrected chi connectivity index (χ1v) is 31.4. The molecule has 1 unspecified atom stereocenters. The number of aliphatic hydroxyl groups is 5. The minimum absolute atomic E-state index is 0.0418. The van der Waals surface area contributed by atoms with E-state index in [2.05, 4.69) is 42.5 Å². The van der Waals surface area contributed by atoms with Crippen LogP contribution >= 0.6 is 11.6 Å². The molecule has 95 heavy (non-hydrogen) atoms. The molecule has 4 aromatic rings. The van der Waals surface area contributed by atoms with Gasteiger partial charge in [0.1, 0.15) is 62.5 Å². The quantitative estimate of drug-likeness (QED) is 0.00927. The van der Waals surface area contributed by atoms with Gasteiger partial charge in [0.15, 0.2) is 5.60 Å². The summed E-state index contributed by atoms with van der Waals surface area (Å²) in [6.07, 6.45) is -3.95. The van der Waals surface area contributed by atoms with E-state index in [0.29, 0.717) is 64.3 Å². The van der Waals surface area contributed by atoms with Crippen LogP contribution in [0.25, 0.3) is 22.3 Å². The van der Waals surface area contributed by atoms with Gasteiger partial charge in [-0.2, -0.15) is 0 Å². The molecule has 9 rings (SSSR count). The van der Waals surface area contributed by atoms with Gasteiger partial charge in [-0.15, -0.1) is 0 Å². The SMILES string of the molecule is CC[C@@]1(O)C(=O)OCc2c1cc1n(c2=O)Cc2c-1nc1cc(Cl)cc3c1c2[C@@H](NC(=O)COCNC(=O)CNC(=O)[C@H](Cc1ccccc1)NC(=O)CNC(=O)CNC(=O)C(CCC(=O)NC[C@@H]1O[C@H](CO)[C@@H](O)[C@H](O)[C@H]1O)NC(=O)CCCCCN1C(=O)C=CC1=O)CC3. The van der Waals surface area contributed by atoms with Gasteiger partial charge in [-0.1, -0.05) is 55.3 Å². The predicted octanol–water partition coefficient (Wildman–Crippen LogP) is -3.29. The maximum absolute atomic E-state index is 14.0. The van der Waals surface area contributed by atoms with Crippen molar-refractivity contribution in [1.82, 2.24) is 57.0 Å². The number of esters is 1. The van der Waals surface area contributed by atoms with Gasteiger partial charge < -0.3 is 86.8 Å². The van der Waals surface area contributed by atoms with E-state index in [-0.39, 0.29) is 69.5 Å². The van der Waals surface area contributed by atoms with Crippen LogP contribution in [-0.4, -0.2) is 200 Å². The van der Waals surface area contributed by atoms with Gasteiger partial charge in [0.2, 0.25) is 47.3 Å². The van der Waals surface area contributed by atoms with E-state index in [4.69, 9.17) is 30.8 Å². The number of carbonyl (C=O) groups excluding carboxylic acids is 11. The summed E-state index contributed by atoms with van der Waals surface area (Å²) in [6.45, 7) is -2.52. The monoisotopic (exact) mass is 1340 g/mol. The third-order valence-corrected chi connectivity index (χ3v) is 17.3. The molecule has 1 aliphatic carbocycles. The molecule has 2 aromatic heterocycles. The van der Waals surface area contributed by atoms with Crippen LogP contribution in [0.1, 0.15) is 97.7 Å². The molecule has 4 aliphatic heterocycles. The van der Waals surface area contributed by atoms with Crippen molar-refractivity contribution < 1.29 is 92.5 Å². The lowest BCUT2D eigenvalue weighted by Crippen LogP contribution is -2.60. The Balaban J connectivity index is 0.734. The third-order valence-electron chi connectivity index (χ3n) is 17.1. The summed E-state index contributed by atoms with van der Waals surface area (Å²) in [6, 6.07) is 10.4. The number of nitrogens with zero attached hydrogens (tertiary/aromatic N) is 3. The van der Waals surface area contributed by atoms with Crippen LogP contribution in [0.15, 0.2) is 65.5 Å². The summed E-state index contributed by atoms with van der Waals surface area (Å²) in [4.78, 5) is 163. The van der Waals surface area contributed by atoms with Crippen LogP contribution in [-0.2, 0) is 98.5 Å². The molecule has 10 amide bonds. The van der Waals surface area contributed by atoms with Gasteiger partial charge in [0.25, 0.3) is 17.4 Å². The van der Waals surface area contributed by atoms with E-state index in [9.17, 15) is 83.1 Å². The molecule has 0 spiro atoms. The Morgan fingerprint density at radius 2 is 1.44 bits per heavy atom. The van der Waals surface area contributed by atoms with Gasteiger partial charge in [-0.05, 0) is 73.4 Å². The third kappa shape index (κ3) is 16.7. The average Bonchev–Trinajstić information content (AvgIpc) is 1.62. The molecule has 13 N–H and O–H groups in total. The molecule has 9 atom stereocenters. The number of carbonyl (C=O) groups is 11. The number of ether oxygens (including phenoxy) is 3. The summed E-state index contributed by atoms with van der Waals surface area (Å²) in [5.41, 5.74) is 2.01. The fourth-order valence-electron chi connectivity index (χ4n) is 12.0. The number of halogens is 1. The number of hydrogen-bond donors (Lipinski definition) is 13. The number of fused-ring (bicyclic) bond motifs is 5. The lowest BCUT2D eigenvalue weighted by molar-refractivity contribution is -0.227. The van der Waals surface area contributed by atoms with Gasteiger partial charge in [0.05, 0.1) is 61.3 Å². The second-order valence-corrected chi connectivity index (χ2v) is 23.9. The van der Waals surface area contributed by atoms with Crippen LogP contribution in [0.3, 0.4) is 0 Å². The van der Waals surface area contributed by atoms with E-state index >= 15 is 0 Å². The first-order valence-electron chi connectivity index (χ1n) is 31.0. The van der Waals surface area contributed by atoms with Crippen LogP contribution in [0, 0.1) is 0 Å². The van der Waals surface area contributed by atoms with Crippen molar-refractivity contribution >= 4 is 87.5 Å². The van der Waals surface area contributed by atoms with Crippen molar-refractivity contribution in [2.45, 2.75) is 139 Å². The van der Waals surface area contributed by atoms with Gasteiger partial charge in [0, 0.05) is 66.0 Å². The number of amides is 10. The number of pyridine rings is 2. The number of unbranched alkanes of at least 4 members (excludes halogenated alkanes) is 2. The fraction of sp³-hybridized carbons (Fsp3) is 0.476. The molecule has 0 saturated carbocycles. The molecule has 32 heteroatoms. The Labute approximate surface area is 547 Å². The summed E-state index contributed by atoms with van der Waals surface area (Å²) in [5, 5.41) is 72.9. The summed E-state index contributed by atoms with van der Waals surface area (Å²) in [5.74, 6) is -7.73. The minimum atomic E-state index is -2.04. The lowest BCUT2D eigenvalue weighted by atomic mass is 9.83. The van der Waals surface area contributed by atoms with Gasteiger partial charge in [-0.3, -0.25) is 57.6 Å². The van der Waals surface area contributed by atoms with Crippen LogP contribution in [0.4, 0.5) is 0 Å². The molecule has 2 aromatic carbocycles. The molecule has 508 valence electrons. The maximum atomic E-state index is 14.0. The zero-order valence-corrected chi connectivity index (χ0v) is 52.4. The number of aliphatic hydroxyl groups excluding tert-OH is 4. The lowest BCUT2D eigenvalue weighted by Gasteiger charge is -2.40. The molecule has 5 aliphatic rings. The summed E-state index contributed by atoms with van der Waals surface area (Å²) < 4.78 is 17.7. The Hall–Kier alpha value is -9.08. The number of cyclic esters (lactones) is 1. The second-order valence-electron chi connectivity index (χ2n) is 23.5. The highest BCUT2D eigenvalue weighted by molar-refractivity contribution is 6.31. The van der Waals surface area contributed by atoms with Crippen molar-refractivity contribution in [2.75, 3.05) is 52.7 Å². The Morgan fingerprint density at radius 3 is 2.16 bits per heavy atom. The number of aromatic nitrogens is 2. The summed E-state index contributed by atoms with van der Waals surface area (Å²) in [7, 11) is 0. The maximum Gasteiger partial charge on any atom is 0.343 e. The summed E-state index contributed by atoms with van der Waals surface area (Å²) >= 11 is 6.55. The number of rotatable bonds is 30. The highest BCUT2D eigenvalue weighted by Crippen LogP contribution is 2.45. The number of hydrogen-bond acceptors (Lipinski definition) is 21. The molecule has 0 radical (unpaired) electrons. The van der Waals surface area contributed by atoms with E-state index in [1.54, 1.807) is 49.4 Å². The number of aryl methyl sites for hydroxylation is 1. The molecule has 31 nitrogen and oxygen atoms in total.